The lowest BCUT2D eigenvalue weighted by Crippen LogP contribution is -2.48. The first-order chi connectivity index (χ1) is 17.7. The topological polar surface area (TPSA) is 119 Å². The van der Waals surface area contributed by atoms with Gasteiger partial charge < -0.3 is 20.3 Å². The number of halogens is 4. The standard InChI is InChI=1S/C21H23F4N7O4S/c22-15-5-12(31-10-13(36-21(31)35)7-27-19(33)18(24)25)6-16(23)17(15)30-2-1-29-32(4-3-30)20(34)28-9-14-8-26-11-37-14/h5-6,8,11,13,18,29H,1-4,7,9-10H2,(H,27,33)(H,28,34)/t13-/m0/s1. The third kappa shape index (κ3) is 6.37. The van der Waals surface area contributed by atoms with E-state index in [-0.39, 0.29) is 50.6 Å². The van der Waals surface area contributed by atoms with Crippen molar-refractivity contribution in [3.63, 3.8) is 0 Å². The number of alkyl halides is 2. The third-order valence-corrected chi connectivity index (χ3v) is 6.41. The minimum atomic E-state index is -3.22. The number of hydrogen-bond donors (Lipinski definition) is 3. The molecule has 2 aliphatic rings. The van der Waals surface area contributed by atoms with E-state index in [0.717, 1.165) is 21.9 Å². The van der Waals surface area contributed by atoms with Crippen molar-refractivity contribution in [2.75, 3.05) is 49.1 Å². The first kappa shape index (κ1) is 26.4. The maximum Gasteiger partial charge on any atom is 0.414 e. The van der Waals surface area contributed by atoms with Crippen molar-refractivity contribution in [1.82, 2.24) is 26.1 Å². The summed E-state index contributed by atoms with van der Waals surface area (Å²) < 4.78 is 59.8. The molecular formula is C21H23F4N7O4S. The number of carbonyl (C=O) groups is 3. The second kappa shape index (κ2) is 11.6. The zero-order valence-corrected chi connectivity index (χ0v) is 20.1. The van der Waals surface area contributed by atoms with E-state index in [9.17, 15) is 23.2 Å². The molecule has 4 amide bonds. The summed E-state index contributed by atoms with van der Waals surface area (Å²) in [5.41, 5.74) is 4.14. The van der Waals surface area contributed by atoms with Crippen LogP contribution in [-0.4, -0.2) is 79.8 Å². The second-order valence-corrected chi connectivity index (χ2v) is 9.06. The molecule has 2 aromatic rings. The van der Waals surface area contributed by atoms with Crippen LogP contribution in [0.2, 0.25) is 0 Å². The highest BCUT2D eigenvalue weighted by Gasteiger charge is 2.34. The summed E-state index contributed by atoms with van der Waals surface area (Å²) in [7, 11) is 0. The molecule has 37 heavy (non-hydrogen) atoms. The Bertz CT molecular complexity index is 1120. The summed E-state index contributed by atoms with van der Waals surface area (Å²) in [4.78, 5) is 42.9. The lowest BCUT2D eigenvalue weighted by molar-refractivity contribution is -0.132. The molecule has 3 heterocycles. The van der Waals surface area contributed by atoms with Crippen molar-refractivity contribution in [3.05, 3.63) is 40.4 Å². The quantitative estimate of drug-likeness (QED) is 0.453. The largest absolute Gasteiger partial charge is 0.442 e. The predicted molar refractivity (Wildman–Crippen MR) is 124 cm³/mol. The Hall–Kier alpha value is -3.66. The molecule has 2 fully saturated rings. The van der Waals surface area contributed by atoms with Crippen LogP contribution in [0.3, 0.4) is 0 Å². The molecule has 4 rings (SSSR count). The molecule has 200 valence electrons. The number of benzene rings is 1. The molecule has 0 unspecified atom stereocenters. The van der Waals surface area contributed by atoms with Gasteiger partial charge in [0.15, 0.2) is 11.6 Å². The summed E-state index contributed by atoms with van der Waals surface area (Å²) in [5, 5.41) is 6.01. The van der Waals surface area contributed by atoms with Gasteiger partial charge in [-0.25, -0.2) is 23.8 Å². The van der Waals surface area contributed by atoms with Gasteiger partial charge in [-0.3, -0.25) is 19.7 Å². The number of urea groups is 1. The minimum Gasteiger partial charge on any atom is -0.442 e. The number of hydrazine groups is 1. The van der Waals surface area contributed by atoms with Crippen molar-refractivity contribution in [3.8, 4) is 0 Å². The van der Waals surface area contributed by atoms with Crippen molar-refractivity contribution in [1.29, 1.82) is 0 Å². The van der Waals surface area contributed by atoms with Crippen LogP contribution in [0.15, 0.2) is 23.8 Å². The molecule has 11 nitrogen and oxygen atoms in total. The van der Waals surface area contributed by atoms with E-state index in [0.29, 0.717) is 6.54 Å². The summed E-state index contributed by atoms with van der Waals surface area (Å²) >= 11 is 1.40. The van der Waals surface area contributed by atoms with E-state index in [4.69, 9.17) is 4.74 Å². The van der Waals surface area contributed by atoms with Crippen LogP contribution in [0.25, 0.3) is 0 Å². The maximum absolute atomic E-state index is 15.1. The highest BCUT2D eigenvalue weighted by Crippen LogP contribution is 2.31. The number of rotatable bonds is 7. The van der Waals surface area contributed by atoms with E-state index in [1.165, 1.54) is 21.2 Å². The molecule has 1 aromatic carbocycles. The molecule has 2 saturated heterocycles. The van der Waals surface area contributed by atoms with Crippen LogP contribution >= 0.6 is 11.3 Å². The van der Waals surface area contributed by atoms with E-state index in [2.05, 4.69) is 15.7 Å². The molecule has 3 N–H and O–H groups in total. The first-order valence-electron chi connectivity index (χ1n) is 11.2. The average Bonchev–Trinajstić information content (AvgIpc) is 3.44. The zero-order valence-electron chi connectivity index (χ0n) is 19.3. The van der Waals surface area contributed by atoms with Gasteiger partial charge in [-0.1, -0.05) is 0 Å². The molecule has 0 spiro atoms. The third-order valence-electron chi connectivity index (χ3n) is 5.63. The van der Waals surface area contributed by atoms with Gasteiger partial charge in [0.25, 0.3) is 5.91 Å². The van der Waals surface area contributed by atoms with Gasteiger partial charge in [-0.05, 0) is 0 Å². The maximum atomic E-state index is 15.1. The molecule has 0 radical (unpaired) electrons. The lowest BCUT2D eigenvalue weighted by Gasteiger charge is -2.25. The zero-order chi connectivity index (χ0) is 26.5. The number of ether oxygens (including phenoxy) is 1. The second-order valence-electron chi connectivity index (χ2n) is 8.09. The van der Waals surface area contributed by atoms with Crippen molar-refractivity contribution >= 4 is 40.7 Å². The number of amides is 4. The van der Waals surface area contributed by atoms with Crippen LogP contribution in [0.1, 0.15) is 4.88 Å². The number of aromatic nitrogens is 1. The van der Waals surface area contributed by atoms with Gasteiger partial charge in [0, 0.05) is 42.8 Å². The van der Waals surface area contributed by atoms with Crippen LogP contribution in [0, 0.1) is 11.6 Å². The Labute approximate surface area is 212 Å². The molecule has 2 aliphatic heterocycles. The fraction of sp³-hybridized carbons (Fsp3) is 0.429. The number of thiazole rings is 1. The van der Waals surface area contributed by atoms with Gasteiger partial charge in [0.1, 0.15) is 11.8 Å². The monoisotopic (exact) mass is 545 g/mol. The highest BCUT2D eigenvalue weighted by atomic mass is 32.1. The van der Waals surface area contributed by atoms with Crippen LogP contribution in [0.4, 0.5) is 38.5 Å². The summed E-state index contributed by atoms with van der Waals surface area (Å²) in [6, 6.07) is 1.55. The lowest BCUT2D eigenvalue weighted by atomic mass is 10.2. The Morgan fingerprint density at radius 2 is 1.95 bits per heavy atom. The van der Waals surface area contributed by atoms with Crippen molar-refractivity contribution in [2.24, 2.45) is 0 Å². The number of anilines is 2. The number of carbonyl (C=O) groups excluding carboxylic acids is 3. The minimum absolute atomic E-state index is 0.122. The first-order valence-corrected chi connectivity index (χ1v) is 12.0. The summed E-state index contributed by atoms with van der Waals surface area (Å²) in [5.74, 6) is -3.38. The molecule has 0 bridgehead atoms. The van der Waals surface area contributed by atoms with Crippen LogP contribution < -0.4 is 25.9 Å². The normalized spacial score (nSPS) is 18.1. The van der Waals surface area contributed by atoms with E-state index in [1.54, 1.807) is 11.7 Å². The molecular weight excluding hydrogens is 522 g/mol. The Kier molecular flexibility index (Phi) is 8.27. The number of nitrogens with one attached hydrogen (secondary N) is 3. The number of cyclic esters (lactones) is 1. The fourth-order valence-corrected chi connectivity index (χ4v) is 4.39. The molecule has 0 saturated carbocycles. The van der Waals surface area contributed by atoms with E-state index in [1.807, 2.05) is 5.32 Å². The average molecular weight is 546 g/mol. The molecule has 1 aromatic heterocycles. The summed E-state index contributed by atoms with van der Waals surface area (Å²) in [6.45, 7) is 0.436. The highest BCUT2D eigenvalue weighted by molar-refractivity contribution is 7.09. The Balaban J connectivity index is 1.37. The van der Waals surface area contributed by atoms with Crippen molar-refractivity contribution < 1.29 is 36.7 Å². The van der Waals surface area contributed by atoms with E-state index < -0.39 is 42.2 Å². The van der Waals surface area contributed by atoms with Crippen molar-refractivity contribution in [2.45, 2.75) is 19.1 Å². The Morgan fingerprint density at radius 1 is 1.19 bits per heavy atom. The fourth-order valence-electron chi connectivity index (χ4n) is 3.86. The predicted octanol–water partition coefficient (Wildman–Crippen LogP) is 1.66. The van der Waals surface area contributed by atoms with Crippen LogP contribution in [0.5, 0.6) is 0 Å². The van der Waals surface area contributed by atoms with Gasteiger partial charge in [-0.2, -0.15) is 8.78 Å². The van der Waals surface area contributed by atoms with Gasteiger partial charge in [0.2, 0.25) is 0 Å². The molecule has 1 atom stereocenters. The Morgan fingerprint density at radius 3 is 2.62 bits per heavy atom. The molecule has 0 aliphatic carbocycles. The number of nitrogens with zero attached hydrogens (tertiary/aromatic N) is 4. The van der Waals surface area contributed by atoms with Gasteiger partial charge in [-0.15, -0.1) is 11.3 Å². The SMILES string of the molecule is O=C(NC[C@H]1CN(c2cc(F)c(N3CCNN(C(=O)NCc4cncs4)CC3)c(F)c2)C(=O)O1)C(F)F. The van der Waals surface area contributed by atoms with Gasteiger partial charge >= 0.3 is 18.5 Å². The van der Waals surface area contributed by atoms with E-state index >= 15 is 8.78 Å². The smallest absolute Gasteiger partial charge is 0.414 e. The van der Waals surface area contributed by atoms with Gasteiger partial charge in [0.05, 0.1) is 37.4 Å². The number of hydrogen-bond acceptors (Lipinski definition) is 8. The molecule has 16 heteroatoms. The summed E-state index contributed by atoms with van der Waals surface area (Å²) in [6.07, 6.45) is -3.47. The van der Waals surface area contributed by atoms with Crippen LogP contribution in [-0.2, 0) is 16.1 Å².